The van der Waals surface area contributed by atoms with Crippen LogP contribution in [0, 0.1) is 3.57 Å². The number of halogens is 2. The average molecular weight is 309 g/mol. The van der Waals surface area contributed by atoms with Crippen LogP contribution >= 0.6 is 34.2 Å². The van der Waals surface area contributed by atoms with Gasteiger partial charge in [0.25, 0.3) is 0 Å². The number of Topliss-reactive ketones (excluding diaryl/α,β-unsaturated/α-hetero) is 1. The molecular weight excluding hydrogens is 302 g/mol. The van der Waals surface area contributed by atoms with Crippen molar-refractivity contribution in [2.24, 2.45) is 0 Å². The highest BCUT2D eigenvalue weighted by molar-refractivity contribution is 14.1. The molecule has 0 saturated carbocycles. The van der Waals surface area contributed by atoms with E-state index >= 15 is 0 Å². The quantitative estimate of drug-likeness (QED) is 0.478. The first-order valence-electron chi connectivity index (χ1n) is 3.51. The first kappa shape index (κ1) is 10.7. The lowest BCUT2D eigenvalue weighted by atomic mass is 10.1. The summed E-state index contributed by atoms with van der Waals surface area (Å²) in [7, 11) is 0. The summed E-state index contributed by atoms with van der Waals surface area (Å²) in [4.78, 5) is 21.8. The van der Waals surface area contributed by atoms with Crippen LogP contribution in [0.1, 0.15) is 27.6 Å². The third kappa shape index (κ3) is 2.28. The van der Waals surface area contributed by atoms with E-state index in [1.165, 1.54) is 13.0 Å². The molecule has 0 N–H and O–H groups in total. The molecule has 4 heteroatoms. The molecule has 0 amide bonds. The summed E-state index contributed by atoms with van der Waals surface area (Å²) in [5, 5.41) is 0.469. The number of benzene rings is 1. The van der Waals surface area contributed by atoms with E-state index in [9.17, 15) is 9.59 Å². The predicted octanol–water partition coefficient (Wildman–Crippen LogP) is 2.96. The fraction of sp³-hybridized carbons (Fsp3) is 0.111. The molecule has 0 aliphatic carbocycles. The first-order valence-corrected chi connectivity index (χ1v) is 4.97. The lowest BCUT2D eigenvalue weighted by Crippen LogP contribution is -2.02. The highest BCUT2D eigenvalue weighted by Gasteiger charge is 2.11. The van der Waals surface area contributed by atoms with Crippen LogP contribution in [-0.4, -0.2) is 12.1 Å². The van der Waals surface area contributed by atoms with Gasteiger partial charge in [-0.05, 0) is 41.6 Å². The molecule has 1 rings (SSSR count). The molecule has 0 spiro atoms. The van der Waals surface area contributed by atoms with Crippen molar-refractivity contribution >= 4 is 46.3 Å². The summed E-state index contributed by atoms with van der Waals surface area (Å²) >= 11 is 7.72. The van der Waals surface area contributed by atoms with Crippen molar-refractivity contribution in [1.82, 2.24) is 0 Å². The maximum atomic E-state index is 11.2. The molecule has 0 aliphatic rings. The Kier molecular flexibility index (Phi) is 3.44. The molecular formula is C9H6ClIO2. The van der Waals surface area contributed by atoms with E-state index in [-0.39, 0.29) is 5.78 Å². The van der Waals surface area contributed by atoms with Crippen molar-refractivity contribution in [2.75, 3.05) is 0 Å². The smallest absolute Gasteiger partial charge is 0.161 e. The van der Waals surface area contributed by atoms with Crippen molar-refractivity contribution in [3.05, 3.63) is 31.9 Å². The Hall–Kier alpha value is -0.420. The van der Waals surface area contributed by atoms with Crippen LogP contribution in [-0.2, 0) is 0 Å². The van der Waals surface area contributed by atoms with Gasteiger partial charge in [-0.25, -0.2) is 0 Å². The van der Waals surface area contributed by atoms with Gasteiger partial charge in [0.1, 0.15) is 0 Å². The molecule has 0 atom stereocenters. The topological polar surface area (TPSA) is 34.1 Å². The first-order chi connectivity index (χ1) is 6.06. The minimum absolute atomic E-state index is 0.122. The van der Waals surface area contributed by atoms with Crippen LogP contribution in [0.2, 0.25) is 5.02 Å². The van der Waals surface area contributed by atoms with Crippen molar-refractivity contribution in [1.29, 1.82) is 0 Å². The van der Waals surface area contributed by atoms with Crippen LogP contribution in [0.5, 0.6) is 0 Å². The van der Waals surface area contributed by atoms with E-state index in [0.29, 0.717) is 26.0 Å². The second-order valence-electron chi connectivity index (χ2n) is 2.53. The van der Waals surface area contributed by atoms with Crippen LogP contribution in [0.4, 0.5) is 0 Å². The highest BCUT2D eigenvalue weighted by Crippen LogP contribution is 2.22. The Balaban J connectivity index is 3.47. The largest absolute Gasteiger partial charge is 0.298 e. The lowest BCUT2D eigenvalue weighted by Gasteiger charge is -2.03. The van der Waals surface area contributed by atoms with Crippen molar-refractivity contribution < 1.29 is 9.59 Å². The van der Waals surface area contributed by atoms with E-state index in [1.807, 2.05) is 22.6 Å². The molecule has 0 saturated heterocycles. The number of rotatable bonds is 2. The van der Waals surface area contributed by atoms with Crippen molar-refractivity contribution in [3.63, 3.8) is 0 Å². The minimum Gasteiger partial charge on any atom is -0.298 e. The lowest BCUT2D eigenvalue weighted by molar-refractivity contribution is 0.100. The van der Waals surface area contributed by atoms with Crippen LogP contribution in [0.15, 0.2) is 12.1 Å². The predicted molar refractivity (Wildman–Crippen MR) is 59.6 cm³/mol. The van der Waals surface area contributed by atoms with Crippen LogP contribution < -0.4 is 0 Å². The number of aldehydes is 1. The highest BCUT2D eigenvalue weighted by atomic mass is 127. The number of ketones is 1. The third-order valence-electron chi connectivity index (χ3n) is 1.56. The van der Waals surface area contributed by atoms with Crippen molar-refractivity contribution in [2.45, 2.75) is 6.92 Å². The summed E-state index contributed by atoms with van der Waals surface area (Å²) in [6.45, 7) is 1.43. The Bertz CT molecular complexity index is 374. The van der Waals surface area contributed by atoms with E-state index in [0.717, 1.165) is 0 Å². The van der Waals surface area contributed by atoms with E-state index in [2.05, 4.69) is 0 Å². The molecule has 0 aromatic heterocycles. The molecule has 1 aromatic carbocycles. The SMILES string of the molecule is CC(=O)c1c(I)cc(Cl)cc1C=O. The van der Waals surface area contributed by atoms with Gasteiger partial charge in [-0.15, -0.1) is 0 Å². The fourth-order valence-corrected chi connectivity index (χ4v) is 2.50. The second-order valence-corrected chi connectivity index (χ2v) is 4.12. The summed E-state index contributed by atoms with van der Waals surface area (Å²) in [5.74, 6) is -0.122. The van der Waals surface area contributed by atoms with Gasteiger partial charge in [0.2, 0.25) is 0 Å². The normalized spacial score (nSPS) is 9.77. The van der Waals surface area contributed by atoms with Gasteiger partial charge in [0.15, 0.2) is 12.1 Å². The fourth-order valence-electron chi connectivity index (χ4n) is 1.06. The van der Waals surface area contributed by atoms with Gasteiger partial charge in [-0.3, -0.25) is 9.59 Å². The number of hydrogen-bond acceptors (Lipinski definition) is 2. The van der Waals surface area contributed by atoms with Crippen LogP contribution in [0.3, 0.4) is 0 Å². The number of carbonyl (C=O) groups is 2. The van der Waals surface area contributed by atoms with Gasteiger partial charge < -0.3 is 0 Å². The molecule has 13 heavy (non-hydrogen) atoms. The third-order valence-corrected chi connectivity index (χ3v) is 2.63. The Morgan fingerprint density at radius 2 is 2.15 bits per heavy atom. The summed E-state index contributed by atoms with van der Waals surface area (Å²) in [6.07, 6.45) is 0.644. The van der Waals surface area contributed by atoms with E-state index in [4.69, 9.17) is 11.6 Å². The van der Waals surface area contributed by atoms with E-state index in [1.54, 1.807) is 6.07 Å². The van der Waals surface area contributed by atoms with Gasteiger partial charge in [0.05, 0.1) is 0 Å². The minimum atomic E-state index is -0.122. The van der Waals surface area contributed by atoms with Gasteiger partial charge in [-0.1, -0.05) is 11.6 Å². The molecule has 0 unspecified atom stereocenters. The average Bonchev–Trinajstić information content (AvgIpc) is 2.01. The zero-order valence-electron chi connectivity index (χ0n) is 6.80. The summed E-state index contributed by atoms with van der Waals surface area (Å²) < 4.78 is 0.708. The maximum Gasteiger partial charge on any atom is 0.161 e. The summed E-state index contributed by atoms with van der Waals surface area (Å²) in [5.41, 5.74) is 0.796. The molecule has 0 bridgehead atoms. The Labute approximate surface area is 94.4 Å². The second kappa shape index (κ2) is 4.19. The zero-order valence-corrected chi connectivity index (χ0v) is 9.72. The monoisotopic (exact) mass is 308 g/mol. The number of hydrogen-bond donors (Lipinski definition) is 0. The molecule has 0 fully saturated rings. The molecule has 0 heterocycles. The molecule has 0 aliphatic heterocycles. The van der Waals surface area contributed by atoms with Crippen LogP contribution in [0.25, 0.3) is 0 Å². The standard InChI is InChI=1S/C9H6ClIO2/c1-5(13)9-6(4-12)2-7(10)3-8(9)11/h2-4H,1H3. The van der Waals surface area contributed by atoms with Gasteiger partial charge >= 0.3 is 0 Å². The molecule has 2 nitrogen and oxygen atoms in total. The van der Waals surface area contributed by atoms with Gasteiger partial charge in [0, 0.05) is 19.7 Å². The van der Waals surface area contributed by atoms with Crippen molar-refractivity contribution in [3.8, 4) is 0 Å². The molecule has 1 aromatic rings. The Morgan fingerprint density at radius 1 is 1.54 bits per heavy atom. The number of carbonyl (C=O) groups excluding carboxylic acids is 2. The molecule has 68 valence electrons. The maximum absolute atomic E-state index is 11.2. The Morgan fingerprint density at radius 3 is 2.62 bits per heavy atom. The van der Waals surface area contributed by atoms with E-state index < -0.39 is 0 Å². The zero-order chi connectivity index (χ0) is 10.0. The van der Waals surface area contributed by atoms with Gasteiger partial charge in [-0.2, -0.15) is 0 Å². The summed E-state index contributed by atoms with van der Waals surface area (Å²) in [6, 6.07) is 3.15. The molecule has 0 radical (unpaired) electrons.